The number of carbonyl (C=O) groups excluding carboxylic acids is 1. The van der Waals surface area contributed by atoms with E-state index in [9.17, 15) is 15.0 Å². The standard InChI is InChI=1S/C19H21N3O3/c1-11-14-10-19(25)18(24)8-12(14)4-6-22(11)7-5-17(23)15-9-13(20)2-3-16(15)21/h2-3,5,7-11,24-25H,4,6,20-21H2,1H3. The molecule has 130 valence electrons. The predicted octanol–water partition coefficient (Wildman–Crippen LogP) is 2.58. The number of nitrogen functional groups attached to an aromatic ring is 2. The van der Waals surface area contributed by atoms with Crippen LogP contribution in [0.2, 0.25) is 0 Å². The summed E-state index contributed by atoms with van der Waals surface area (Å²) in [7, 11) is 0. The molecule has 1 aliphatic heterocycles. The predicted molar refractivity (Wildman–Crippen MR) is 97.3 cm³/mol. The Balaban J connectivity index is 1.81. The van der Waals surface area contributed by atoms with Crippen molar-refractivity contribution in [2.24, 2.45) is 0 Å². The van der Waals surface area contributed by atoms with Crippen LogP contribution >= 0.6 is 0 Å². The number of hydrogen-bond donors (Lipinski definition) is 4. The monoisotopic (exact) mass is 339 g/mol. The molecule has 6 heteroatoms. The first-order chi connectivity index (χ1) is 11.9. The molecule has 0 radical (unpaired) electrons. The van der Waals surface area contributed by atoms with Gasteiger partial charge in [0.1, 0.15) is 0 Å². The maximum Gasteiger partial charge on any atom is 0.189 e. The highest BCUT2D eigenvalue weighted by atomic mass is 16.3. The average molecular weight is 339 g/mol. The van der Waals surface area contributed by atoms with E-state index in [4.69, 9.17) is 11.5 Å². The first-order valence-electron chi connectivity index (χ1n) is 8.05. The fraction of sp³-hybridized carbons (Fsp3) is 0.211. The van der Waals surface area contributed by atoms with Gasteiger partial charge in [-0.3, -0.25) is 4.79 Å². The molecule has 0 aromatic heterocycles. The second kappa shape index (κ2) is 6.39. The summed E-state index contributed by atoms with van der Waals surface area (Å²) in [5.74, 6) is -0.460. The normalized spacial score (nSPS) is 16.8. The van der Waals surface area contributed by atoms with Gasteiger partial charge in [0.15, 0.2) is 17.3 Å². The molecule has 0 saturated carbocycles. The molecule has 1 aliphatic rings. The molecule has 6 nitrogen and oxygen atoms in total. The highest BCUT2D eigenvalue weighted by molar-refractivity contribution is 6.08. The Morgan fingerprint density at radius 2 is 1.92 bits per heavy atom. The summed E-state index contributed by atoms with van der Waals surface area (Å²) in [5, 5.41) is 19.4. The number of anilines is 2. The highest BCUT2D eigenvalue weighted by Gasteiger charge is 2.23. The van der Waals surface area contributed by atoms with Gasteiger partial charge in [0, 0.05) is 35.8 Å². The number of nitrogens with zero attached hydrogens (tertiary/aromatic N) is 1. The lowest BCUT2D eigenvalue weighted by molar-refractivity contribution is 0.104. The fourth-order valence-corrected chi connectivity index (χ4v) is 3.11. The summed E-state index contributed by atoms with van der Waals surface area (Å²) >= 11 is 0. The molecule has 0 bridgehead atoms. The van der Waals surface area contributed by atoms with Gasteiger partial charge in [-0.15, -0.1) is 0 Å². The zero-order valence-corrected chi connectivity index (χ0v) is 13.9. The minimum atomic E-state index is -0.212. The van der Waals surface area contributed by atoms with Crippen LogP contribution in [0, 0.1) is 0 Å². The van der Waals surface area contributed by atoms with Crippen LogP contribution in [0.4, 0.5) is 11.4 Å². The van der Waals surface area contributed by atoms with E-state index >= 15 is 0 Å². The highest BCUT2D eigenvalue weighted by Crippen LogP contribution is 2.36. The van der Waals surface area contributed by atoms with Gasteiger partial charge in [-0.2, -0.15) is 0 Å². The minimum Gasteiger partial charge on any atom is -0.504 e. The van der Waals surface area contributed by atoms with Crippen LogP contribution in [0.3, 0.4) is 0 Å². The number of fused-ring (bicyclic) bond motifs is 1. The molecular formula is C19H21N3O3. The molecule has 3 rings (SSSR count). The number of ketones is 1. The van der Waals surface area contributed by atoms with Crippen molar-refractivity contribution >= 4 is 17.2 Å². The van der Waals surface area contributed by atoms with E-state index in [0.717, 1.165) is 11.1 Å². The van der Waals surface area contributed by atoms with Crippen LogP contribution in [0.15, 0.2) is 42.6 Å². The Labute approximate surface area is 146 Å². The molecule has 0 fully saturated rings. The Kier molecular flexibility index (Phi) is 4.27. The summed E-state index contributed by atoms with van der Waals surface area (Å²) in [6.07, 6.45) is 3.93. The van der Waals surface area contributed by atoms with Crippen LogP contribution in [-0.4, -0.2) is 27.4 Å². The minimum absolute atomic E-state index is 0.0301. The maximum absolute atomic E-state index is 12.4. The van der Waals surface area contributed by atoms with Gasteiger partial charge >= 0.3 is 0 Å². The summed E-state index contributed by atoms with van der Waals surface area (Å²) in [6, 6.07) is 7.98. The zero-order chi connectivity index (χ0) is 18.1. The molecular weight excluding hydrogens is 318 g/mol. The van der Waals surface area contributed by atoms with Crippen LogP contribution in [0.5, 0.6) is 11.5 Å². The van der Waals surface area contributed by atoms with E-state index in [1.807, 2.05) is 11.8 Å². The molecule has 0 aliphatic carbocycles. The summed E-state index contributed by atoms with van der Waals surface area (Å²) in [6.45, 7) is 2.69. The van der Waals surface area contributed by atoms with Crippen molar-refractivity contribution in [3.05, 3.63) is 59.3 Å². The van der Waals surface area contributed by atoms with E-state index in [-0.39, 0.29) is 23.3 Å². The molecule has 2 aromatic carbocycles. The Hall–Kier alpha value is -3.15. The number of hydrogen-bond acceptors (Lipinski definition) is 6. The van der Waals surface area contributed by atoms with Crippen molar-refractivity contribution in [3.63, 3.8) is 0 Å². The van der Waals surface area contributed by atoms with E-state index in [0.29, 0.717) is 29.9 Å². The number of aromatic hydroxyl groups is 2. The summed E-state index contributed by atoms with van der Waals surface area (Å²) in [5.41, 5.74) is 14.8. The van der Waals surface area contributed by atoms with Gasteiger partial charge in [0.05, 0.1) is 6.04 Å². The van der Waals surface area contributed by atoms with Crippen LogP contribution < -0.4 is 11.5 Å². The number of nitrogens with two attached hydrogens (primary N) is 2. The van der Waals surface area contributed by atoms with Gasteiger partial charge in [-0.25, -0.2) is 0 Å². The SMILES string of the molecule is CC1c2cc(O)c(O)cc2CCN1C=CC(=O)c1cc(N)ccc1N. The topological polar surface area (TPSA) is 113 Å². The number of rotatable bonds is 3. The number of phenols is 2. The summed E-state index contributed by atoms with van der Waals surface area (Å²) in [4.78, 5) is 14.4. The lowest BCUT2D eigenvalue weighted by atomic mass is 9.93. The molecule has 1 unspecified atom stereocenters. The summed E-state index contributed by atoms with van der Waals surface area (Å²) < 4.78 is 0. The smallest absolute Gasteiger partial charge is 0.189 e. The number of allylic oxidation sites excluding steroid dienone is 1. The first kappa shape index (κ1) is 16.7. The first-order valence-corrected chi connectivity index (χ1v) is 8.05. The quantitative estimate of drug-likeness (QED) is 0.296. The third-order valence-electron chi connectivity index (χ3n) is 4.58. The lowest BCUT2D eigenvalue weighted by Crippen LogP contribution is -2.29. The molecule has 2 aromatic rings. The van der Waals surface area contributed by atoms with Crippen molar-refractivity contribution in [2.75, 3.05) is 18.0 Å². The van der Waals surface area contributed by atoms with E-state index < -0.39 is 0 Å². The third kappa shape index (κ3) is 3.24. The van der Waals surface area contributed by atoms with Gasteiger partial charge in [-0.1, -0.05) is 0 Å². The van der Waals surface area contributed by atoms with Gasteiger partial charge in [-0.05, 0) is 54.8 Å². The second-order valence-corrected chi connectivity index (χ2v) is 6.23. The van der Waals surface area contributed by atoms with Gasteiger partial charge in [0.25, 0.3) is 0 Å². The van der Waals surface area contributed by atoms with E-state index in [2.05, 4.69) is 0 Å². The maximum atomic E-state index is 12.4. The molecule has 6 N–H and O–H groups in total. The van der Waals surface area contributed by atoms with Crippen molar-refractivity contribution in [1.29, 1.82) is 0 Å². The number of carbonyl (C=O) groups is 1. The fourth-order valence-electron chi connectivity index (χ4n) is 3.11. The van der Waals surface area contributed by atoms with Gasteiger partial charge in [0.2, 0.25) is 0 Å². The van der Waals surface area contributed by atoms with Gasteiger partial charge < -0.3 is 26.6 Å². The van der Waals surface area contributed by atoms with Crippen molar-refractivity contribution in [2.45, 2.75) is 19.4 Å². The Bertz CT molecular complexity index is 861. The van der Waals surface area contributed by atoms with E-state index in [1.165, 1.54) is 6.08 Å². The largest absolute Gasteiger partial charge is 0.504 e. The zero-order valence-electron chi connectivity index (χ0n) is 13.9. The van der Waals surface area contributed by atoms with Crippen LogP contribution in [-0.2, 0) is 6.42 Å². The van der Waals surface area contributed by atoms with Crippen molar-refractivity contribution < 1.29 is 15.0 Å². The molecule has 1 atom stereocenters. The van der Waals surface area contributed by atoms with Crippen molar-refractivity contribution in [3.8, 4) is 11.5 Å². The number of phenolic OH excluding ortho intramolecular Hbond substituents is 2. The molecule has 0 amide bonds. The second-order valence-electron chi connectivity index (χ2n) is 6.23. The Morgan fingerprint density at radius 3 is 2.68 bits per heavy atom. The Morgan fingerprint density at radius 1 is 1.20 bits per heavy atom. The van der Waals surface area contributed by atoms with Crippen LogP contribution in [0.25, 0.3) is 0 Å². The molecule has 0 spiro atoms. The molecule has 0 saturated heterocycles. The molecule has 1 heterocycles. The van der Waals surface area contributed by atoms with Crippen molar-refractivity contribution in [1.82, 2.24) is 4.90 Å². The number of benzene rings is 2. The van der Waals surface area contributed by atoms with Crippen LogP contribution in [0.1, 0.15) is 34.5 Å². The lowest BCUT2D eigenvalue weighted by Gasteiger charge is -2.34. The average Bonchev–Trinajstić information content (AvgIpc) is 2.58. The third-order valence-corrected chi connectivity index (χ3v) is 4.58. The molecule has 25 heavy (non-hydrogen) atoms. The van der Waals surface area contributed by atoms with E-state index in [1.54, 1.807) is 36.5 Å².